The van der Waals surface area contributed by atoms with Crippen LogP contribution < -0.4 is 11.1 Å². The third-order valence-electron chi connectivity index (χ3n) is 2.51. The van der Waals surface area contributed by atoms with E-state index in [9.17, 15) is 9.18 Å². The molecule has 0 bridgehead atoms. The van der Waals surface area contributed by atoms with Crippen molar-refractivity contribution in [2.45, 2.75) is 32.9 Å². The van der Waals surface area contributed by atoms with E-state index in [0.717, 1.165) is 5.56 Å². The molecule has 1 aromatic carbocycles. The summed E-state index contributed by atoms with van der Waals surface area (Å²) in [4.78, 5) is 11.7. The quantitative estimate of drug-likeness (QED) is 0.865. The lowest BCUT2D eigenvalue weighted by molar-refractivity contribution is -0.122. The number of benzene rings is 1. The summed E-state index contributed by atoms with van der Waals surface area (Å²) in [6.45, 7) is 4.31. The van der Waals surface area contributed by atoms with Crippen molar-refractivity contribution in [3.8, 4) is 0 Å². The number of hydrogen-bond donors (Lipinski definition) is 2. The average Bonchev–Trinajstić information content (AvgIpc) is 2.29. The van der Waals surface area contributed by atoms with Crippen LogP contribution in [0, 0.1) is 11.7 Å². The van der Waals surface area contributed by atoms with Crippen LogP contribution in [0.4, 0.5) is 4.39 Å². The first-order valence-corrected chi connectivity index (χ1v) is 6.25. The number of halogens is 2. The van der Waals surface area contributed by atoms with E-state index in [1.54, 1.807) is 6.07 Å². The van der Waals surface area contributed by atoms with Crippen LogP contribution in [0.2, 0.25) is 5.02 Å². The van der Waals surface area contributed by atoms with Crippen LogP contribution in [0.3, 0.4) is 0 Å². The number of amides is 1. The second-order valence-electron chi connectivity index (χ2n) is 4.70. The van der Waals surface area contributed by atoms with E-state index < -0.39 is 11.9 Å². The smallest absolute Gasteiger partial charge is 0.237 e. The minimum atomic E-state index is -0.513. The molecule has 1 rings (SSSR count). The molecule has 3 nitrogen and oxygen atoms in total. The Kier molecular flexibility index (Phi) is 5.56. The SMILES string of the molecule is CC(C)C[C@@H](N)C(=O)NCc1ccc(F)c(Cl)c1. The zero-order valence-corrected chi connectivity index (χ0v) is 11.3. The van der Waals surface area contributed by atoms with Crippen molar-refractivity contribution in [2.24, 2.45) is 11.7 Å². The van der Waals surface area contributed by atoms with Crippen molar-refractivity contribution in [3.63, 3.8) is 0 Å². The number of carbonyl (C=O) groups excluding carboxylic acids is 1. The minimum absolute atomic E-state index is 0.0493. The molecule has 0 aliphatic heterocycles. The maximum atomic E-state index is 12.9. The molecule has 1 amide bonds. The molecule has 100 valence electrons. The van der Waals surface area contributed by atoms with Gasteiger partial charge < -0.3 is 11.1 Å². The largest absolute Gasteiger partial charge is 0.351 e. The zero-order chi connectivity index (χ0) is 13.7. The summed E-state index contributed by atoms with van der Waals surface area (Å²) >= 11 is 5.65. The lowest BCUT2D eigenvalue weighted by Gasteiger charge is -2.14. The second kappa shape index (κ2) is 6.71. The fraction of sp³-hybridized carbons (Fsp3) is 0.462. The van der Waals surface area contributed by atoms with Crippen LogP contribution in [0.1, 0.15) is 25.8 Å². The van der Waals surface area contributed by atoms with Crippen LogP contribution in [0.5, 0.6) is 0 Å². The van der Waals surface area contributed by atoms with E-state index in [4.69, 9.17) is 17.3 Å². The molecule has 0 spiro atoms. The van der Waals surface area contributed by atoms with E-state index in [-0.39, 0.29) is 10.9 Å². The highest BCUT2D eigenvalue weighted by atomic mass is 35.5. The van der Waals surface area contributed by atoms with Gasteiger partial charge in [0.05, 0.1) is 11.1 Å². The van der Waals surface area contributed by atoms with E-state index in [0.29, 0.717) is 18.9 Å². The molecule has 0 fully saturated rings. The number of carbonyl (C=O) groups is 1. The Bertz CT molecular complexity index is 423. The third-order valence-corrected chi connectivity index (χ3v) is 2.80. The molecule has 0 radical (unpaired) electrons. The van der Waals surface area contributed by atoms with Gasteiger partial charge >= 0.3 is 0 Å². The minimum Gasteiger partial charge on any atom is -0.351 e. The number of hydrogen-bond acceptors (Lipinski definition) is 2. The Morgan fingerprint density at radius 3 is 2.72 bits per heavy atom. The molecule has 18 heavy (non-hydrogen) atoms. The number of rotatable bonds is 5. The van der Waals surface area contributed by atoms with Crippen molar-refractivity contribution in [3.05, 3.63) is 34.6 Å². The van der Waals surface area contributed by atoms with Gasteiger partial charge in [-0.3, -0.25) is 4.79 Å². The van der Waals surface area contributed by atoms with Gasteiger partial charge in [0, 0.05) is 6.54 Å². The summed E-state index contributed by atoms with van der Waals surface area (Å²) in [5.74, 6) is -0.307. The molecule has 0 unspecified atom stereocenters. The van der Waals surface area contributed by atoms with Gasteiger partial charge in [-0.05, 0) is 30.0 Å². The fourth-order valence-electron chi connectivity index (χ4n) is 1.58. The first-order chi connectivity index (χ1) is 8.40. The van der Waals surface area contributed by atoms with Gasteiger partial charge in [0.15, 0.2) is 0 Å². The summed E-state index contributed by atoms with van der Waals surface area (Å²) in [6.07, 6.45) is 0.635. The van der Waals surface area contributed by atoms with Crippen molar-refractivity contribution in [1.29, 1.82) is 0 Å². The highest BCUT2D eigenvalue weighted by Crippen LogP contribution is 2.15. The molecule has 5 heteroatoms. The fourth-order valence-corrected chi connectivity index (χ4v) is 1.79. The molecule has 0 aromatic heterocycles. The summed E-state index contributed by atoms with van der Waals surface area (Å²) in [6, 6.07) is 3.83. The lowest BCUT2D eigenvalue weighted by Crippen LogP contribution is -2.41. The summed E-state index contributed by atoms with van der Waals surface area (Å²) in [5.41, 5.74) is 6.48. The molecule has 1 aromatic rings. The number of nitrogens with one attached hydrogen (secondary N) is 1. The molecule has 0 aliphatic rings. The van der Waals surface area contributed by atoms with E-state index >= 15 is 0 Å². The molecule has 0 saturated heterocycles. The lowest BCUT2D eigenvalue weighted by atomic mass is 10.0. The zero-order valence-electron chi connectivity index (χ0n) is 10.5. The Labute approximate surface area is 112 Å². The van der Waals surface area contributed by atoms with Crippen LogP contribution in [0.15, 0.2) is 18.2 Å². The van der Waals surface area contributed by atoms with E-state index in [1.165, 1.54) is 12.1 Å². The Balaban J connectivity index is 2.49. The third kappa shape index (κ3) is 4.63. The Morgan fingerprint density at radius 2 is 2.17 bits per heavy atom. The molecule has 0 saturated carbocycles. The topological polar surface area (TPSA) is 55.1 Å². The van der Waals surface area contributed by atoms with Crippen molar-refractivity contribution in [1.82, 2.24) is 5.32 Å². The monoisotopic (exact) mass is 272 g/mol. The maximum Gasteiger partial charge on any atom is 0.237 e. The van der Waals surface area contributed by atoms with Crippen molar-refractivity contribution in [2.75, 3.05) is 0 Å². The predicted molar refractivity (Wildman–Crippen MR) is 70.7 cm³/mol. The summed E-state index contributed by atoms with van der Waals surface area (Å²) in [5, 5.41) is 2.76. The Hall–Kier alpha value is -1.13. The van der Waals surface area contributed by atoms with Gasteiger partial charge in [-0.1, -0.05) is 31.5 Å². The molecule has 0 aliphatic carbocycles. The second-order valence-corrected chi connectivity index (χ2v) is 5.11. The van der Waals surface area contributed by atoms with Crippen LogP contribution >= 0.6 is 11.6 Å². The van der Waals surface area contributed by atoms with E-state index in [2.05, 4.69) is 5.32 Å². The first-order valence-electron chi connectivity index (χ1n) is 5.87. The molecule has 1 atom stereocenters. The van der Waals surface area contributed by atoms with Crippen molar-refractivity contribution >= 4 is 17.5 Å². The summed E-state index contributed by atoms with van der Waals surface area (Å²) < 4.78 is 12.9. The standard InChI is InChI=1S/C13H18ClFN2O/c1-8(2)5-12(16)13(18)17-7-9-3-4-11(15)10(14)6-9/h3-4,6,8,12H,5,7,16H2,1-2H3,(H,17,18)/t12-/m1/s1. The average molecular weight is 273 g/mol. The predicted octanol–water partition coefficient (Wildman–Crippen LogP) is 2.47. The van der Waals surface area contributed by atoms with Gasteiger partial charge in [0.2, 0.25) is 5.91 Å². The van der Waals surface area contributed by atoms with Crippen LogP contribution in [-0.2, 0) is 11.3 Å². The normalized spacial score (nSPS) is 12.6. The first kappa shape index (κ1) is 14.9. The maximum absolute atomic E-state index is 12.9. The van der Waals surface area contributed by atoms with Gasteiger partial charge in [-0.2, -0.15) is 0 Å². The molecule has 3 N–H and O–H groups in total. The highest BCUT2D eigenvalue weighted by Gasteiger charge is 2.14. The molecule has 0 heterocycles. The van der Waals surface area contributed by atoms with Gasteiger partial charge in [-0.15, -0.1) is 0 Å². The van der Waals surface area contributed by atoms with Gasteiger partial charge in [0.1, 0.15) is 5.82 Å². The Morgan fingerprint density at radius 1 is 1.50 bits per heavy atom. The van der Waals surface area contributed by atoms with Gasteiger partial charge in [0.25, 0.3) is 0 Å². The van der Waals surface area contributed by atoms with Gasteiger partial charge in [-0.25, -0.2) is 4.39 Å². The van der Waals surface area contributed by atoms with Crippen molar-refractivity contribution < 1.29 is 9.18 Å². The highest BCUT2D eigenvalue weighted by molar-refractivity contribution is 6.30. The molecular weight excluding hydrogens is 255 g/mol. The van der Waals surface area contributed by atoms with Crippen LogP contribution in [0.25, 0.3) is 0 Å². The summed E-state index contributed by atoms with van der Waals surface area (Å²) in [7, 11) is 0. The van der Waals surface area contributed by atoms with Crippen LogP contribution in [-0.4, -0.2) is 11.9 Å². The number of nitrogens with two attached hydrogens (primary N) is 1. The van der Waals surface area contributed by atoms with E-state index in [1.807, 2.05) is 13.8 Å². The molecular formula is C13H18ClFN2O.